The fraction of sp³-hybridized carbons (Fsp3) is 0.188. The molecule has 1 N–H and O–H groups in total. The van der Waals surface area contributed by atoms with Gasteiger partial charge < -0.3 is 4.74 Å². The lowest BCUT2D eigenvalue weighted by Crippen LogP contribution is -2.16. The van der Waals surface area contributed by atoms with Crippen molar-refractivity contribution in [3.8, 4) is 5.75 Å². The standard InChI is InChI=1S/C16H16BrNO4S/c1-3-22-15-9-8-12(17)10-16(15)23(20,21)18-14-7-5-4-6-13(14)11(2)19/h4-10,18H,3H2,1-2H3. The number of carbonyl (C=O) groups excluding carboxylic acids is 1. The van der Waals surface area contributed by atoms with Gasteiger partial charge in [0.2, 0.25) is 0 Å². The van der Waals surface area contributed by atoms with Crippen LogP contribution in [0, 0.1) is 0 Å². The van der Waals surface area contributed by atoms with Crippen molar-refractivity contribution in [2.45, 2.75) is 18.7 Å². The molecule has 122 valence electrons. The van der Waals surface area contributed by atoms with Crippen LogP contribution in [0.1, 0.15) is 24.2 Å². The maximum Gasteiger partial charge on any atom is 0.265 e. The fourth-order valence-electron chi connectivity index (χ4n) is 2.05. The summed E-state index contributed by atoms with van der Waals surface area (Å²) in [5.41, 5.74) is 0.548. The highest BCUT2D eigenvalue weighted by molar-refractivity contribution is 9.10. The Labute approximate surface area is 143 Å². The molecular formula is C16H16BrNO4S. The number of ketones is 1. The van der Waals surface area contributed by atoms with Crippen molar-refractivity contribution in [3.63, 3.8) is 0 Å². The molecule has 7 heteroatoms. The Balaban J connectivity index is 2.48. The van der Waals surface area contributed by atoms with Crippen LogP contribution >= 0.6 is 15.9 Å². The van der Waals surface area contributed by atoms with Gasteiger partial charge in [-0.3, -0.25) is 9.52 Å². The first kappa shape index (κ1) is 17.5. The van der Waals surface area contributed by atoms with E-state index in [1.807, 2.05) is 0 Å². The van der Waals surface area contributed by atoms with Crippen molar-refractivity contribution in [3.05, 3.63) is 52.5 Å². The van der Waals surface area contributed by atoms with E-state index in [-0.39, 0.29) is 22.1 Å². The van der Waals surface area contributed by atoms with E-state index in [9.17, 15) is 13.2 Å². The number of ether oxygens (including phenoxy) is 1. The third kappa shape index (κ3) is 4.11. The van der Waals surface area contributed by atoms with Gasteiger partial charge >= 0.3 is 0 Å². The van der Waals surface area contributed by atoms with Gasteiger partial charge in [-0.25, -0.2) is 8.42 Å². The van der Waals surface area contributed by atoms with Gasteiger partial charge in [0.05, 0.1) is 12.3 Å². The highest BCUT2D eigenvalue weighted by atomic mass is 79.9. The summed E-state index contributed by atoms with van der Waals surface area (Å²) in [7, 11) is -3.90. The van der Waals surface area contributed by atoms with E-state index in [2.05, 4.69) is 20.7 Å². The first-order chi connectivity index (χ1) is 10.8. The summed E-state index contributed by atoms with van der Waals surface area (Å²) in [4.78, 5) is 11.7. The van der Waals surface area contributed by atoms with Gasteiger partial charge in [0.1, 0.15) is 10.6 Å². The molecule has 0 amide bonds. The Morgan fingerprint density at radius 2 is 1.91 bits per heavy atom. The van der Waals surface area contributed by atoms with Crippen LogP contribution in [0.4, 0.5) is 5.69 Å². The Hall–Kier alpha value is -1.86. The summed E-state index contributed by atoms with van der Waals surface area (Å²) in [6.45, 7) is 3.50. The number of hydrogen-bond acceptors (Lipinski definition) is 4. The first-order valence-electron chi connectivity index (χ1n) is 6.90. The number of para-hydroxylation sites is 1. The maximum absolute atomic E-state index is 12.7. The summed E-state index contributed by atoms with van der Waals surface area (Å²) in [6.07, 6.45) is 0. The number of nitrogens with one attached hydrogen (secondary N) is 1. The monoisotopic (exact) mass is 397 g/mol. The van der Waals surface area contributed by atoms with Crippen LogP contribution in [-0.4, -0.2) is 20.8 Å². The summed E-state index contributed by atoms with van der Waals surface area (Å²) >= 11 is 3.26. The largest absolute Gasteiger partial charge is 0.492 e. The molecule has 0 spiro atoms. The number of carbonyl (C=O) groups is 1. The Bertz CT molecular complexity index is 834. The molecule has 2 rings (SSSR count). The molecule has 0 saturated carbocycles. The van der Waals surface area contributed by atoms with E-state index in [1.54, 1.807) is 43.3 Å². The average Bonchev–Trinajstić information content (AvgIpc) is 2.49. The third-order valence-electron chi connectivity index (χ3n) is 3.05. The SMILES string of the molecule is CCOc1ccc(Br)cc1S(=O)(=O)Nc1ccccc1C(C)=O. The molecule has 0 aliphatic carbocycles. The van der Waals surface area contributed by atoms with Gasteiger partial charge in [-0.15, -0.1) is 0 Å². The second kappa shape index (κ2) is 7.14. The molecule has 0 heterocycles. The van der Waals surface area contributed by atoms with Crippen LogP contribution in [0.3, 0.4) is 0 Å². The summed E-state index contributed by atoms with van der Waals surface area (Å²) in [5.74, 6) is 0.0334. The average molecular weight is 398 g/mol. The zero-order valence-corrected chi connectivity index (χ0v) is 15.1. The van der Waals surface area contributed by atoms with Crippen molar-refractivity contribution in [2.75, 3.05) is 11.3 Å². The van der Waals surface area contributed by atoms with Gasteiger partial charge in [-0.05, 0) is 44.2 Å². The summed E-state index contributed by atoms with van der Waals surface area (Å²) in [5, 5.41) is 0. The highest BCUT2D eigenvalue weighted by Gasteiger charge is 2.22. The van der Waals surface area contributed by atoms with Crippen LogP contribution in [0.15, 0.2) is 51.8 Å². The normalized spacial score (nSPS) is 11.1. The van der Waals surface area contributed by atoms with Crippen molar-refractivity contribution in [2.24, 2.45) is 0 Å². The summed E-state index contributed by atoms with van der Waals surface area (Å²) in [6, 6.07) is 11.2. The quantitative estimate of drug-likeness (QED) is 0.751. The lowest BCUT2D eigenvalue weighted by Gasteiger charge is -2.14. The maximum atomic E-state index is 12.7. The smallest absolute Gasteiger partial charge is 0.265 e. The predicted octanol–water partition coefficient (Wildman–Crippen LogP) is 3.85. The molecule has 0 saturated heterocycles. The number of hydrogen-bond donors (Lipinski definition) is 1. The van der Waals surface area contributed by atoms with Crippen molar-refractivity contribution in [1.82, 2.24) is 0 Å². The van der Waals surface area contributed by atoms with Crippen LogP contribution in [0.5, 0.6) is 5.75 Å². The minimum Gasteiger partial charge on any atom is -0.492 e. The molecule has 0 aromatic heterocycles. The van der Waals surface area contributed by atoms with Gasteiger partial charge in [0.15, 0.2) is 5.78 Å². The van der Waals surface area contributed by atoms with Crippen LogP contribution < -0.4 is 9.46 Å². The van der Waals surface area contributed by atoms with Gasteiger partial charge in [0.25, 0.3) is 10.0 Å². The fourth-order valence-corrected chi connectivity index (χ4v) is 3.81. The summed E-state index contributed by atoms with van der Waals surface area (Å²) < 4.78 is 33.9. The molecule has 0 bridgehead atoms. The second-order valence-corrected chi connectivity index (χ2v) is 7.30. The van der Waals surface area contributed by atoms with E-state index in [0.29, 0.717) is 16.6 Å². The zero-order chi connectivity index (χ0) is 17.0. The van der Waals surface area contributed by atoms with E-state index < -0.39 is 10.0 Å². The Morgan fingerprint density at radius 1 is 1.22 bits per heavy atom. The highest BCUT2D eigenvalue weighted by Crippen LogP contribution is 2.30. The van der Waals surface area contributed by atoms with Gasteiger partial charge in [-0.1, -0.05) is 28.1 Å². The molecule has 0 unspecified atom stereocenters. The van der Waals surface area contributed by atoms with Gasteiger partial charge in [0, 0.05) is 10.0 Å². The predicted molar refractivity (Wildman–Crippen MR) is 92.6 cm³/mol. The third-order valence-corrected chi connectivity index (χ3v) is 4.93. The van der Waals surface area contributed by atoms with E-state index in [4.69, 9.17) is 4.74 Å². The zero-order valence-electron chi connectivity index (χ0n) is 12.7. The first-order valence-corrected chi connectivity index (χ1v) is 9.18. The van der Waals surface area contributed by atoms with E-state index in [1.165, 1.54) is 13.0 Å². The van der Waals surface area contributed by atoms with Crippen LogP contribution in [-0.2, 0) is 10.0 Å². The van der Waals surface area contributed by atoms with Gasteiger partial charge in [-0.2, -0.15) is 0 Å². The molecule has 0 aliphatic rings. The number of rotatable bonds is 6. The van der Waals surface area contributed by atoms with Crippen molar-refractivity contribution >= 4 is 37.4 Å². The Kier molecular flexibility index (Phi) is 5.43. The number of Topliss-reactive ketones (excluding diaryl/α,β-unsaturated/α-hetero) is 1. The van der Waals surface area contributed by atoms with Crippen LogP contribution in [0.25, 0.3) is 0 Å². The van der Waals surface area contributed by atoms with Crippen LogP contribution in [0.2, 0.25) is 0 Å². The molecule has 5 nitrogen and oxygen atoms in total. The number of benzene rings is 2. The molecule has 0 aliphatic heterocycles. The molecule has 0 atom stereocenters. The number of anilines is 1. The van der Waals surface area contributed by atoms with E-state index >= 15 is 0 Å². The molecule has 0 radical (unpaired) electrons. The lowest BCUT2D eigenvalue weighted by atomic mass is 10.1. The minimum atomic E-state index is -3.90. The van der Waals surface area contributed by atoms with Crippen molar-refractivity contribution < 1.29 is 17.9 Å². The second-order valence-electron chi connectivity index (χ2n) is 4.73. The molecule has 0 fully saturated rings. The molecule has 23 heavy (non-hydrogen) atoms. The molecular weight excluding hydrogens is 382 g/mol. The topological polar surface area (TPSA) is 72.5 Å². The lowest BCUT2D eigenvalue weighted by molar-refractivity contribution is 0.101. The number of sulfonamides is 1. The minimum absolute atomic E-state index is 0.00656. The van der Waals surface area contributed by atoms with Crippen molar-refractivity contribution in [1.29, 1.82) is 0 Å². The van der Waals surface area contributed by atoms with E-state index in [0.717, 1.165) is 0 Å². The Morgan fingerprint density at radius 3 is 2.57 bits per heavy atom. The molecule has 2 aromatic rings. The molecule has 2 aromatic carbocycles. The number of halogens is 1.